The Morgan fingerprint density at radius 1 is 1.09 bits per heavy atom. The van der Waals surface area contributed by atoms with Gasteiger partial charge in [-0.25, -0.2) is 0 Å². The zero-order valence-electron chi connectivity index (χ0n) is 7.68. The Balaban J connectivity index is 0. The van der Waals surface area contributed by atoms with Crippen molar-refractivity contribution in [2.24, 2.45) is 0 Å². The van der Waals surface area contributed by atoms with E-state index < -0.39 is 0 Å². The molecule has 11 heavy (non-hydrogen) atoms. The van der Waals surface area contributed by atoms with E-state index in [4.69, 9.17) is 0 Å². The minimum absolute atomic E-state index is 0. The van der Waals surface area contributed by atoms with Gasteiger partial charge >= 0.3 is 37.7 Å². The van der Waals surface area contributed by atoms with Gasteiger partial charge in [0.15, 0.2) is 0 Å². The van der Waals surface area contributed by atoms with E-state index in [1.165, 1.54) is 11.1 Å². The van der Waals surface area contributed by atoms with Gasteiger partial charge < -0.3 is 14.5 Å². The topological polar surface area (TPSA) is 0 Å². The maximum atomic E-state index is 4.27. The Bertz CT molecular complexity index is 203. The van der Waals surface area contributed by atoms with E-state index in [9.17, 15) is 0 Å². The smallest absolute Gasteiger partial charge is 1.00 e. The largest absolute Gasteiger partial charge is 1.45 e. The third kappa shape index (κ3) is 3.85. The Kier molecular flexibility index (Phi) is 8.32. The SMILES string of the molecule is Cc1cccc([P-2])c1C.[Li+].[Li+]. The maximum Gasteiger partial charge on any atom is 1.00 e. The average molecular weight is 150 g/mol. The summed E-state index contributed by atoms with van der Waals surface area (Å²) in [6, 6.07) is 6.12. The first-order valence-electron chi connectivity index (χ1n) is 2.97. The first-order chi connectivity index (χ1) is 4.22. The van der Waals surface area contributed by atoms with E-state index in [1.54, 1.807) is 0 Å². The van der Waals surface area contributed by atoms with Gasteiger partial charge in [-0.15, -0.1) is 11.6 Å². The van der Waals surface area contributed by atoms with Crippen molar-refractivity contribution in [1.82, 2.24) is 0 Å². The maximum absolute atomic E-state index is 4.27. The molecule has 0 aliphatic heterocycles. The molecule has 0 aliphatic rings. The minimum atomic E-state index is 0. The number of benzene rings is 1. The summed E-state index contributed by atoms with van der Waals surface area (Å²) >= 11 is 0. The molecule has 0 amide bonds. The molecule has 1 aromatic rings. The molecule has 0 saturated heterocycles. The van der Waals surface area contributed by atoms with E-state index >= 15 is 0 Å². The molecule has 48 valence electrons. The zero-order valence-corrected chi connectivity index (χ0v) is 8.57. The molecule has 0 radical (unpaired) electrons. The fourth-order valence-electron chi connectivity index (χ4n) is 0.736. The molecule has 0 spiro atoms. The predicted octanol–water partition coefficient (Wildman–Crippen LogP) is -3.65. The van der Waals surface area contributed by atoms with Crippen LogP contribution in [-0.4, -0.2) is 0 Å². The molecular weight excluding hydrogens is 141 g/mol. The summed E-state index contributed by atoms with van der Waals surface area (Å²) in [7, 11) is 4.27. The Morgan fingerprint density at radius 2 is 1.64 bits per heavy atom. The summed E-state index contributed by atoms with van der Waals surface area (Å²) in [5, 5.41) is 1.08. The second-order valence-corrected chi connectivity index (χ2v) is 2.70. The summed E-state index contributed by atoms with van der Waals surface area (Å²) in [4.78, 5) is 0. The first kappa shape index (κ1) is 14.4. The van der Waals surface area contributed by atoms with Gasteiger partial charge in [0.1, 0.15) is 0 Å². The van der Waals surface area contributed by atoms with E-state index in [1.807, 2.05) is 12.1 Å². The minimum Gasteiger partial charge on any atom is -1.45 e. The Morgan fingerprint density at radius 3 is 2.00 bits per heavy atom. The molecule has 1 rings (SSSR count). The van der Waals surface area contributed by atoms with Gasteiger partial charge in [0.25, 0.3) is 0 Å². The van der Waals surface area contributed by atoms with Crippen molar-refractivity contribution in [2.75, 3.05) is 0 Å². The van der Waals surface area contributed by atoms with E-state index in [2.05, 4.69) is 29.2 Å². The molecule has 0 N–H and O–H groups in total. The van der Waals surface area contributed by atoms with Crippen LogP contribution in [0.2, 0.25) is 0 Å². The van der Waals surface area contributed by atoms with Gasteiger partial charge in [-0.05, 0) is 13.8 Å². The van der Waals surface area contributed by atoms with Gasteiger partial charge in [0.2, 0.25) is 0 Å². The molecule has 0 saturated carbocycles. The summed E-state index contributed by atoms with van der Waals surface area (Å²) in [6.07, 6.45) is 0. The quantitative estimate of drug-likeness (QED) is 0.264. The van der Waals surface area contributed by atoms with Crippen LogP contribution in [-0.2, 0) is 0 Å². The van der Waals surface area contributed by atoms with Gasteiger partial charge in [-0.1, -0.05) is 17.7 Å². The molecule has 0 unspecified atom stereocenters. The summed E-state index contributed by atoms with van der Waals surface area (Å²) in [5.41, 5.74) is 2.59. The fourth-order valence-corrected chi connectivity index (χ4v) is 0.998. The van der Waals surface area contributed by atoms with Crippen molar-refractivity contribution in [2.45, 2.75) is 13.8 Å². The van der Waals surface area contributed by atoms with Crippen molar-refractivity contribution in [3.05, 3.63) is 29.3 Å². The van der Waals surface area contributed by atoms with Crippen LogP contribution in [0.4, 0.5) is 0 Å². The van der Waals surface area contributed by atoms with E-state index in [0.717, 1.165) is 5.30 Å². The fraction of sp³-hybridized carbons (Fsp3) is 0.250. The summed E-state index contributed by atoms with van der Waals surface area (Å²) in [5.74, 6) is 0. The molecule has 0 aliphatic carbocycles. The van der Waals surface area contributed by atoms with E-state index in [0.29, 0.717) is 0 Å². The second-order valence-electron chi connectivity index (χ2n) is 2.22. The van der Waals surface area contributed by atoms with Crippen LogP contribution in [0.3, 0.4) is 0 Å². The number of hydrogen-bond donors (Lipinski definition) is 0. The molecule has 3 heteroatoms. The Hall–Kier alpha value is 0.845. The Labute approximate surface area is 95.1 Å². The van der Waals surface area contributed by atoms with Crippen molar-refractivity contribution in [1.29, 1.82) is 0 Å². The van der Waals surface area contributed by atoms with Crippen molar-refractivity contribution in [3.63, 3.8) is 0 Å². The van der Waals surface area contributed by atoms with E-state index in [-0.39, 0.29) is 37.7 Å². The van der Waals surface area contributed by atoms with Crippen molar-refractivity contribution < 1.29 is 37.7 Å². The first-order valence-corrected chi connectivity index (χ1v) is 3.41. The second kappa shape index (κ2) is 6.37. The van der Waals surface area contributed by atoms with Crippen LogP contribution in [0.5, 0.6) is 0 Å². The predicted molar refractivity (Wildman–Crippen MR) is 42.5 cm³/mol. The van der Waals surface area contributed by atoms with Crippen LogP contribution in [0.1, 0.15) is 11.1 Å². The van der Waals surface area contributed by atoms with Crippen molar-refractivity contribution >= 4 is 14.5 Å². The standard InChI is InChI=1S/C8H9P.2Li/c1-6-4-3-5-8(9)7(6)2;;/h3-5H,1-2H3;;/q-2;2*+1. The molecule has 0 atom stereocenters. The van der Waals surface area contributed by atoms with Gasteiger partial charge in [0, 0.05) is 0 Å². The normalized spacial score (nSPS) is 7.91. The summed E-state index contributed by atoms with van der Waals surface area (Å²) < 4.78 is 0. The number of hydrogen-bond acceptors (Lipinski definition) is 0. The third-order valence-corrected chi connectivity index (χ3v) is 2.06. The average Bonchev–Trinajstić information content (AvgIpc) is 1.83. The van der Waals surface area contributed by atoms with Crippen LogP contribution < -0.4 is 43.0 Å². The molecule has 0 heterocycles. The molecule has 0 nitrogen and oxygen atoms in total. The summed E-state index contributed by atoms with van der Waals surface area (Å²) in [6.45, 7) is 4.17. The monoisotopic (exact) mass is 150 g/mol. The third-order valence-electron chi connectivity index (χ3n) is 1.58. The van der Waals surface area contributed by atoms with Crippen LogP contribution in [0, 0.1) is 13.8 Å². The molecule has 0 fully saturated rings. The molecule has 1 aromatic carbocycles. The van der Waals surface area contributed by atoms with Gasteiger partial charge in [0.05, 0.1) is 0 Å². The molecule has 0 bridgehead atoms. The van der Waals surface area contributed by atoms with Crippen molar-refractivity contribution in [3.8, 4) is 0 Å². The number of rotatable bonds is 0. The zero-order chi connectivity index (χ0) is 6.85. The van der Waals surface area contributed by atoms with Gasteiger partial charge in [-0.3, -0.25) is 0 Å². The molecular formula is C8H9Li2P. The number of aryl methyl sites for hydroxylation is 1. The van der Waals surface area contributed by atoms with Gasteiger partial charge in [-0.2, -0.15) is 0 Å². The van der Waals surface area contributed by atoms with Crippen LogP contribution in [0.15, 0.2) is 18.2 Å². The molecule has 0 aromatic heterocycles. The van der Waals surface area contributed by atoms with Crippen LogP contribution >= 0.6 is 9.24 Å². The van der Waals surface area contributed by atoms with Crippen LogP contribution in [0.25, 0.3) is 0 Å².